The number of carbonyl (C=O) groups is 2. The van der Waals surface area contributed by atoms with Crippen molar-refractivity contribution in [2.75, 3.05) is 17.7 Å². The number of amides is 1. The van der Waals surface area contributed by atoms with Gasteiger partial charge in [-0.25, -0.2) is 9.18 Å². The number of esters is 1. The number of thiophene rings is 1. The zero-order valence-corrected chi connectivity index (χ0v) is 17.7. The first-order valence-electron chi connectivity index (χ1n) is 9.39. The maximum Gasteiger partial charge on any atom is 0.341 e. The molecule has 0 saturated carbocycles. The van der Waals surface area contributed by atoms with Gasteiger partial charge in [-0.2, -0.15) is 0 Å². The van der Waals surface area contributed by atoms with Crippen molar-refractivity contribution in [3.05, 3.63) is 46.1 Å². The van der Waals surface area contributed by atoms with Gasteiger partial charge in [0.05, 0.1) is 23.5 Å². The third-order valence-corrected chi connectivity index (χ3v) is 6.52. The third kappa shape index (κ3) is 4.24. The molecule has 10 heteroatoms. The second kappa shape index (κ2) is 8.97. The molecule has 0 unspecified atom stereocenters. The molecule has 0 aliphatic heterocycles. The molecular formula is C20H18FN3O4S2. The summed E-state index contributed by atoms with van der Waals surface area (Å²) in [5.41, 5.74) is 1.65. The Morgan fingerprint density at radius 3 is 2.93 bits per heavy atom. The summed E-state index contributed by atoms with van der Waals surface area (Å²) < 4.78 is 24.4. The summed E-state index contributed by atoms with van der Waals surface area (Å²) in [7, 11) is 0. The predicted molar refractivity (Wildman–Crippen MR) is 111 cm³/mol. The van der Waals surface area contributed by atoms with E-state index in [4.69, 9.17) is 9.15 Å². The Morgan fingerprint density at radius 2 is 2.13 bits per heavy atom. The summed E-state index contributed by atoms with van der Waals surface area (Å²) in [6, 6.07) is 6.08. The van der Waals surface area contributed by atoms with Crippen molar-refractivity contribution in [2.24, 2.45) is 0 Å². The van der Waals surface area contributed by atoms with E-state index in [0.29, 0.717) is 10.6 Å². The summed E-state index contributed by atoms with van der Waals surface area (Å²) in [5, 5.41) is 11.2. The molecule has 30 heavy (non-hydrogen) atoms. The highest BCUT2D eigenvalue weighted by atomic mass is 32.2. The van der Waals surface area contributed by atoms with Crippen LogP contribution in [0.2, 0.25) is 0 Å². The van der Waals surface area contributed by atoms with Gasteiger partial charge in [-0.3, -0.25) is 4.79 Å². The monoisotopic (exact) mass is 447 g/mol. The maximum atomic E-state index is 13.8. The Hall–Kier alpha value is -2.72. The number of hydrogen-bond acceptors (Lipinski definition) is 8. The summed E-state index contributed by atoms with van der Waals surface area (Å²) in [6.45, 7) is 2.02. The largest absolute Gasteiger partial charge is 0.462 e. The lowest BCUT2D eigenvalue weighted by atomic mass is 10.1. The lowest BCUT2D eigenvalue weighted by Gasteiger charge is -2.07. The highest BCUT2D eigenvalue weighted by Crippen LogP contribution is 2.39. The van der Waals surface area contributed by atoms with E-state index in [2.05, 4.69) is 15.5 Å². The van der Waals surface area contributed by atoms with Crippen LogP contribution >= 0.6 is 23.1 Å². The van der Waals surface area contributed by atoms with Crippen molar-refractivity contribution in [2.45, 2.75) is 31.4 Å². The van der Waals surface area contributed by atoms with E-state index >= 15 is 0 Å². The van der Waals surface area contributed by atoms with Crippen molar-refractivity contribution in [1.29, 1.82) is 0 Å². The van der Waals surface area contributed by atoms with Crippen LogP contribution in [-0.2, 0) is 22.4 Å². The number of fused-ring (bicyclic) bond motifs is 1. The normalized spacial score (nSPS) is 12.6. The van der Waals surface area contributed by atoms with Gasteiger partial charge in [0.25, 0.3) is 11.1 Å². The van der Waals surface area contributed by atoms with Crippen molar-refractivity contribution in [1.82, 2.24) is 10.2 Å². The molecule has 0 atom stereocenters. The van der Waals surface area contributed by atoms with Gasteiger partial charge in [-0.05, 0) is 43.9 Å². The zero-order valence-electron chi connectivity index (χ0n) is 16.1. The highest BCUT2D eigenvalue weighted by molar-refractivity contribution is 7.99. The van der Waals surface area contributed by atoms with Crippen molar-refractivity contribution >= 4 is 40.0 Å². The molecule has 0 radical (unpaired) electrons. The second-order valence-electron chi connectivity index (χ2n) is 6.47. The number of ether oxygens (including phenoxy) is 1. The molecule has 2 heterocycles. The topological polar surface area (TPSA) is 94.3 Å². The van der Waals surface area contributed by atoms with E-state index in [1.165, 1.54) is 23.5 Å². The zero-order chi connectivity index (χ0) is 21.1. The van der Waals surface area contributed by atoms with Gasteiger partial charge in [-0.1, -0.05) is 23.9 Å². The van der Waals surface area contributed by atoms with E-state index in [0.717, 1.165) is 41.5 Å². The maximum absolute atomic E-state index is 13.8. The Labute approximate surface area is 180 Å². The molecule has 4 rings (SSSR count). The summed E-state index contributed by atoms with van der Waals surface area (Å²) in [4.78, 5) is 25.9. The first-order chi connectivity index (χ1) is 14.6. The minimum Gasteiger partial charge on any atom is -0.462 e. The third-order valence-electron chi connectivity index (χ3n) is 4.49. The summed E-state index contributed by atoms with van der Waals surface area (Å²) in [5.74, 6) is -1.13. The van der Waals surface area contributed by atoms with E-state index in [1.54, 1.807) is 19.1 Å². The van der Waals surface area contributed by atoms with Crippen LogP contribution in [0.15, 0.2) is 33.9 Å². The highest BCUT2D eigenvalue weighted by Gasteiger charge is 2.28. The molecule has 1 aliphatic carbocycles. The Balaban J connectivity index is 1.42. The molecule has 0 saturated heterocycles. The van der Waals surface area contributed by atoms with E-state index in [1.807, 2.05) is 0 Å². The number of aromatic nitrogens is 2. The molecule has 3 aromatic rings. The number of thioether (sulfide) groups is 1. The molecule has 0 bridgehead atoms. The molecule has 1 aliphatic rings. The van der Waals surface area contributed by atoms with Crippen LogP contribution in [0.4, 0.5) is 9.39 Å². The first kappa shape index (κ1) is 20.5. The fraction of sp³-hybridized carbons (Fsp3) is 0.300. The summed E-state index contributed by atoms with van der Waals surface area (Å²) >= 11 is 2.46. The molecule has 2 aromatic heterocycles. The molecular weight excluding hydrogens is 429 g/mol. The van der Waals surface area contributed by atoms with Gasteiger partial charge < -0.3 is 14.5 Å². The fourth-order valence-corrected chi connectivity index (χ4v) is 5.07. The van der Waals surface area contributed by atoms with Gasteiger partial charge in [0, 0.05) is 4.88 Å². The molecule has 0 fully saturated rings. The lowest BCUT2D eigenvalue weighted by Crippen LogP contribution is -2.16. The number of benzene rings is 1. The molecule has 1 amide bonds. The van der Waals surface area contributed by atoms with E-state index in [9.17, 15) is 14.0 Å². The summed E-state index contributed by atoms with van der Waals surface area (Å²) in [6.07, 6.45) is 2.71. The van der Waals surface area contributed by atoms with Gasteiger partial charge >= 0.3 is 5.97 Å². The van der Waals surface area contributed by atoms with Gasteiger partial charge in [-0.15, -0.1) is 21.5 Å². The van der Waals surface area contributed by atoms with Crippen molar-refractivity contribution in [3.8, 4) is 11.5 Å². The SMILES string of the molecule is CCOC(=O)c1c(NC(=O)CSc2nnc(-c3ccccc3F)o2)sc2c1CCC2. The Bertz CT molecular complexity index is 1100. The number of nitrogens with zero attached hydrogens (tertiary/aromatic N) is 2. The van der Waals surface area contributed by atoms with Crippen LogP contribution in [-0.4, -0.2) is 34.4 Å². The average molecular weight is 448 g/mol. The number of halogens is 1. The van der Waals surface area contributed by atoms with Crippen LogP contribution in [0, 0.1) is 5.82 Å². The van der Waals surface area contributed by atoms with E-state index in [-0.39, 0.29) is 34.9 Å². The minimum atomic E-state index is -0.465. The van der Waals surface area contributed by atoms with Gasteiger partial charge in [0.2, 0.25) is 5.91 Å². The number of carbonyl (C=O) groups excluding carboxylic acids is 2. The van der Waals surface area contributed by atoms with Gasteiger partial charge in [0.1, 0.15) is 10.8 Å². The molecule has 0 spiro atoms. The quantitative estimate of drug-likeness (QED) is 0.425. The molecule has 156 valence electrons. The number of anilines is 1. The fourth-order valence-electron chi connectivity index (χ4n) is 3.21. The average Bonchev–Trinajstić information content (AvgIpc) is 3.43. The number of rotatable bonds is 7. The number of nitrogens with one attached hydrogen (secondary N) is 1. The van der Waals surface area contributed by atoms with Crippen LogP contribution in [0.3, 0.4) is 0 Å². The smallest absolute Gasteiger partial charge is 0.341 e. The lowest BCUT2D eigenvalue weighted by molar-refractivity contribution is -0.113. The van der Waals surface area contributed by atoms with Crippen LogP contribution in [0.5, 0.6) is 0 Å². The standard InChI is InChI=1S/C20H18FN3O4S2/c1-2-27-19(26)16-12-7-5-9-14(12)30-18(16)22-15(25)10-29-20-24-23-17(28-20)11-6-3-4-8-13(11)21/h3-4,6,8H,2,5,7,9-10H2,1H3,(H,22,25). The first-order valence-corrected chi connectivity index (χ1v) is 11.2. The molecule has 1 aromatic carbocycles. The number of hydrogen-bond donors (Lipinski definition) is 1. The molecule has 7 nitrogen and oxygen atoms in total. The van der Waals surface area contributed by atoms with Crippen molar-refractivity contribution < 1.29 is 23.1 Å². The molecule has 1 N–H and O–H groups in total. The minimum absolute atomic E-state index is 0.00371. The Morgan fingerprint density at radius 1 is 1.30 bits per heavy atom. The van der Waals surface area contributed by atoms with Gasteiger partial charge in [0.15, 0.2) is 0 Å². The predicted octanol–water partition coefficient (Wildman–Crippen LogP) is 4.33. The van der Waals surface area contributed by atoms with Crippen molar-refractivity contribution in [3.63, 3.8) is 0 Å². The van der Waals surface area contributed by atoms with E-state index < -0.39 is 11.8 Å². The Kier molecular flexibility index (Phi) is 6.14. The second-order valence-corrected chi connectivity index (χ2v) is 8.50. The van der Waals surface area contributed by atoms with Crippen LogP contribution in [0.25, 0.3) is 11.5 Å². The number of aryl methyl sites for hydroxylation is 1. The van der Waals surface area contributed by atoms with Crippen LogP contribution in [0.1, 0.15) is 34.1 Å². The van der Waals surface area contributed by atoms with Crippen LogP contribution < -0.4 is 5.32 Å².